The predicted octanol–water partition coefficient (Wildman–Crippen LogP) is 2.97. The number of para-hydroxylation sites is 1. The molecule has 1 heterocycles. The molecule has 1 aromatic carbocycles. The highest BCUT2D eigenvalue weighted by Gasteiger charge is 2.63. The van der Waals surface area contributed by atoms with Crippen LogP contribution in [0.15, 0.2) is 30.3 Å². The zero-order valence-electron chi connectivity index (χ0n) is 14.5. The highest BCUT2D eigenvalue weighted by molar-refractivity contribution is 5.97. The number of hydrazine groups is 1. The molecular formula is C20H26N2O2. The van der Waals surface area contributed by atoms with Gasteiger partial charge >= 0.3 is 0 Å². The van der Waals surface area contributed by atoms with Crippen LogP contribution in [-0.2, 0) is 4.79 Å². The van der Waals surface area contributed by atoms with Crippen LogP contribution in [0.5, 0.6) is 0 Å². The molecule has 128 valence electrons. The number of benzene rings is 1. The number of nitrogens with zero attached hydrogens (tertiary/aromatic N) is 2. The lowest BCUT2D eigenvalue weighted by molar-refractivity contribution is -0.190. The first-order valence-electron chi connectivity index (χ1n) is 9.30. The summed E-state index contributed by atoms with van der Waals surface area (Å²) in [6.45, 7) is 4.03. The van der Waals surface area contributed by atoms with Crippen molar-refractivity contribution in [3.63, 3.8) is 0 Å². The molecule has 4 saturated carbocycles. The molecule has 1 amide bonds. The molecule has 4 bridgehead atoms. The third-order valence-corrected chi connectivity index (χ3v) is 6.95. The first-order chi connectivity index (χ1) is 11.4. The van der Waals surface area contributed by atoms with Crippen molar-refractivity contribution in [1.82, 2.24) is 5.01 Å². The fourth-order valence-electron chi connectivity index (χ4n) is 6.33. The van der Waals surface area contributed by atoms with Crippen LogP contribution in [0.3, 0.4) is 0 Å². The maximum atomic E-state index is 13.0. The number of amides is 1. The van der Waals surface area contributed by atoms with E-state index in [1.54, 1.807) is 0 Å². The second-order valence-electron chi connectivity index (χ2n) is 9.04. The van der Waals surface area contributed by atoms with Crippen LogP contribution >= 0.6 is 0 Å². The lowest BCUT2D eigenvalue weighted by Crippen LogP contribution is -2.80. The van der Waals surface area contributed by atoms with Crippen molar-refractivity contribution >= 4 is 11.6 Å². The highest BCUT2D eigenvalue weighted by atomic mass is 16.3. The summed E-state index contributed by atoms with van der Waals surface area (Å²) < 4.78 is 0. The van der Waals surface area contributed by atoms with Gasteiger partial charge in [-0.05, 0) is 75.8 Å². The molecule has 24 heavy (non-hydrogen) atoms. The van der Waals surface area contributed by atoms with Crippen LogP contribution in [0.25, 0.3) is 0 Å². The molecule has 2 atom stereocenters. The van der Waals surface area contributed by atoms with Gasteiger partial charge in [0.15, 0.2) is 0 Å². The van der Waals surface area contributed by atoms with E-state index in [2.05, 4.69) is 17.1 Å². The third-order valence-electron chi connectivity index (χ3n) is 6.95. The number of anilines is 1. The van der Waals surface area contributed by atoms with Crippen molar-refractivity contribution in [3.8, 4) is 0 Å². The van der Waals surface area contributed by atoms with Gasteiger partial charge in [0, 0.05) is 0 Å². The molecule has 4 aliphatic carbocycles. The first kappa shape index (κ1) is 14.8. The van der Waals surface area contributed by atoms with Gasteiger partial charge in [-0.25, -0.2) is 5.01 Å². The van der Waals surface area contributed by atoms with Gasteiger partial charge in [0.2, 0.25) is 0 Å². The lowest BCUT2D eigenvalue weighted by atomic mass is 9.52. The lowest BCUT2D eigenvalue weighted by Gasteiger charge is -2.67. The second kappa shape index (κ2) is 4.54. The largest absolute Gasteiger partial charge is 0.390 e. The van der Waals surface area contributed by atoms with Crippen LogP contribution in [-0.4, -0.2) is 33.2 Å². The standard InChI is InChI=1S/C20H26N2O2/c1-19(2)18(23)21(22(19)16-6-4-3-5-7-16)17-14-8-13-9-15(17)12-20(24,10-13)11-14/h3-7,13-15,17,24H,8-12H2,1-2H3/t13?,14?,15?,17-,20-. The van der Waals surface area contributed by atoms with E-state index in [1.807, 2.05) is 37.1 Å². The molecule has 1 aliphatic heterocycles. The van der Waals surface area contributed by atoms with Gasteiger partial charge in [-0.1, -0.05) is 18.2 Å². The summed E-state index contributed by atoms with van der Waals surface area (Å²) in [5.41, 5.74) is 0.163. The Bertz CT molecular complexity index is 670. The molecule has 2 unspecified atom stereocenters. The third kappa shape index (κ3) is 1.81. The van der Waals surface area contributed by atoms with Crippen LogP contribution in [0.1, 0.15) is 46.0 Å². The summed E-state index contributed by atoms with van der Waals surface area (Å²) in [4.78, 5) is 13.0. The average molecular weight is 326 g/mol. The number of aliphatic hydroxyl groups is 1. The van der Waals surface area contributed by atoms with E-state index in [4.69, 9.17) is 0 Å². The molecule has 0 aromatic heterocycles. The van der Waals surface area contributed by atoms with Crippen LogP contribution in [0.4, 0.5) is 5.69 Å². The van der Waals surface area contributed by atoms with Crippen LogP contribution in [0, 0.1) is 17.8 Å². The Morgan fingerprint density at radius 3 is 2.25 bits per heavy atom. The van der Waals surface area contributed by atoms with Crippen molar-refractivity contribution in [2.45, 2.75) is 63.1 Å². The minimum atomic E-state index is -0.479. The molecule has 1 N–H and O–H groups in total. The van der Waals surface area contributed by atoms with E-state index in [0.717, 1.165) is 24.9 Å². The predicted molar refractivity (Wildman–Crippen MR) is 92.1 cm³/mol. The zero-order valence-corrected chi connectivity index (χ0v) is 14.5. The van der Waals surface area contributed by atoms with Gasteiger partial charge in [-0.3, -0.25) is 9.80 Å². The maximum absolute atomic E-state index is 13.0. The Kier molecular flexibility index (Phi) is 2.79. The zero-order chi connectivity index (χ0) is 16.7. The normalized spacial score (nSPS) is 42.4. The van der Waals surface area contributed by atoms with E-state index >= 15 is 0 Å². The Morgan fingerprint density at radius 2 is 1.67 bits per heavy atom. The topological polar surface area (TPSA) is 43.8 Å². The van der Waals surface area contributed by atoms with E-state index in [9.17, 15) is 9.90 Å². The highest BCUT2D eigenvalue weighted by Crippen LogP contribution is 2.58. The van der Waals surface area contributed by atoms with Crippen molar-refractivity contribution in [3.05, 3.63) is 30.3 Å². The van der Waals surface area contributed by atoms with E-state index in [-0.39, 0.29) is 11.9 Å². The number of rotatable bonds is 2. The van der Waals surface area contributed by atoms with E-state index in [1.165, 1.54) is 12.8 Å². The molecule has 4 nitrogen and oxygen atoms in total. The van der Waals surface area contributed by atoms with Crippen LogP contribution in [0.2, 0.25) is 0 Å². The SMILES string of the molecule is CC1(C)C(=O)N([C@H]2C3CC4CC2C[C@](O)(C4)C3)N1c1ccccc1. The minimum Gasteiger partial charge on any atom is -0.390 e. The number of hydrogen-bond donors (Lipinski definition) is 1. The summed E-state index contributed by atoms with van der Waals surface area (Å²) in [6.07, 6.45) is 5.08. The smallest absolute Gasteiger partial charge is 0.268 e. The molecule has 4 heteroatoms. The molecule has 5 aliphatic rings. The fraction of sp³-hybridized carbons (Fsp3) is 0.650. The summed E-state index contributed by atoms with van der Waals surface area (Å²) in [5.74, 6) is 1.80. The quantitative estimate of drug-likeness (QED) is 0.909. The summed E-state index contributed by atoms with van der Waals surface area (Å²) in [6, 6.07) is 10.5. The Balaban J connectivity index is 1.51. The molecule has 0 radical (unpaired) electrons. The molecule has 1 saturated heterocycles. The molecular weight excluding hydrogens is 300 g/mol. The number of hydrogen-bond acceptors (Lipinski definition) is 3. The summed E-state index contributed by atoms with van der Waals surface area (Å²) in [7, 11) is 0. The average Bonchev–Trinajstić information content (AvgIpc) is 2.52. The van der Waals surface area contributed by atoms with E-state index < -0.39 is 11.1 Å². The molecule has 6 rings (SSSR count). The Labute approximate surface area is 143 Å². The van der Waals surface area contributed by atoms with Crippen molar-refractivity contribution in [2.75, 3.05) is 5.01 Å². The molecule has 1 aromatic rings. The molecule has 5 fully saturated rings. The minimum absolute atomic E-state index is 0.232. The summed E-state index contributed by atoms with van der Waals surface area (Å²) >= 11 is 0. The van der Waals surface area contributed by atoms with Crippen LogP contribution < -0.4 is 5.01 Å². The number of carbonyl (C=O) groups excluding carboxylic acids is 1. The fourth-order valence-corrected chi connectivity index (χ4v) is 6.33. The first-order valence-corrected chi connectivity index (χ1v) is 9.30. The van der Waals surface area contributed by atoms with Gasteiger partial charge in [0.1, 0.15) is 5.54 Å². The second-order valence-corrected chi connectivity index (χ2v) is 9.04. The maximum Gasteiger partial charge on any atom is 0.268 e. The van der Waals surface area contributed by atoms with Gasteiger partial charge in [-0.2, -0.15) is 0 Å². The molecule has 0 spiro atoms. The van der Waals surface area contributed by atoms with Crippen molar-refractivity contribution < 1.29 is 9.90 Å². The van der Waals surface area contributed by atoms with Gasteiger partial charge in [0.05, 0.1) is 17.3 Å². The number of carbonyl (C=O) groups is 1. The van der Waals surface area contributed by atoms with Crippen molar-refractivity contribution in [1.29, 1.82) is 0 Å². The van der Waals surface area contributed by atoms with Crippen molar-refractivity contribution in [2.24, 2.45) is 17.8 Å². The Hall–Kier alpha value is -1.55. The monoisotopic (exact) mass is 326 g/mol. The Morgan fingerprint density at radius 1 is 1.04 bits per heavy atom. The van der Waals surface area contributed by atoms with E-state index in [0.29, 0.717) is 17.8 Å². The van der Waals surface area contributed by atoms with Gasteiger partial charge in [-0.15, -0.1) is 0 Å². The summed E-state index contributed by atoms with van der Waals surface area (Å²) in [5, 5.41) is 15.1. The van der Waals surface area contributed by atoms with Gasteiger partial charge in [0.25, 0.3) is 5.91 Å². The van der Waals surface area contributed by atoms with Gasteiger partial charge < -0.3 is 5.11 Å².